The number of nitrogens with zero attached hydrogens (tertiary/aromatic N) is 2. The molecule has 96 valence electrons. The van der Waals surface area contributed by atoms with Crippen molar-refractivity contribution in [3.8, 4) is 0 Å². The highest BCUT2D eigenvalue weighted by atomic mass is 16.4. The van der Waals surface area contributed by atoms with Crippen LogP contribution in [0.3, 0.4) is 0 Å². The van der Waals surface area contributed by atoms with E-state index in [0.717, 1.165) is 4.90 Å². The molecule has 1 aromatic rings. The van der Waals surface area contributed by atoms with Crippen molar-refractivity contribution in [3.63, 3.8) is 0 Å². The van der Waals surface area contributed by atoms with Crippen molar-refractivity contribution in [3.05, 3.63) is 18.2 Å². The number of likely N-dealkylation sites (tertiary alicyclic amines) is 1. The number of aliphatic carboxylic acids is 1. The Balaban J connectivity index is 2.21. The van der Waals surface area contributed by atoms with Gasteiger partial charge in [-0.25, -0.2) is 9.78 Å². The number of aromatic nitrogens is 2. The van der Waals surface area contributed by atoms with E-state index in [2.05, 4.69) is 9.97 Å². The Bertz CT molecular complexity index is 453. The fraction of sp³-hybridized carbons (Fsp3) is 0.455. The van der Waals surface area contributed by atoms with Gasteiger partial charge in [-0.05, 0) is 6.42 Å². The molecule has 18 heavy (non-hydrogen) atoms. The van der Waals surface area contributed by atoms with Crippen LogP contribution in [0.25, 0.3) is 0 Å². The highest BCUT2D eigenvalue weighted by molar-refractivity contribution is 6.01. The van der Waals surface area contributed by atoms with Crippen LogP contribution in [-0.2, 0) is 20.8 Å². The average molecular weight is 251 g/mol. The van der Waals surface area contributed by atoms with E-state index in [-0.39, 0.29) is 19.3 Å². The molecule has 2 rings (SSSR count). The zero-order valence-corrected chi connectivity index (χ0v) is 9.63. The summed E-state index contributed by atoms with van der Waals surface area (Å²) in [4.78, 5) is 42.0. The standard InChI is InChI=1S/C11H13N3O4/c15-9-2-1-3-10(16)14(9)8(11(17)18)4-7-5-12-6-13-7/h5-6,8H,1-4H2,(H,12,13)(H,17,18). The molecule has 2 amide bonds. The number of piperidine rings is 1. The molecule has 1 aromatic heterocycles. The van der Waals surface area contributed by atoms with Crippen LogP contribution in [0, 0.1) is 0 Å². The third kappa shape index (κ3) is 2.39. The molecule has 0 spiro atoms. The third-order valence-electron chi connectivity index (χ3n) is 2.88. The van der Waals surface area contributed by atoms with Crippen LogP contribution in [0.15, 0.2) is 12.5 Å². The molecule has 2 N–H and O–H groups in total. The molecular weight excluding hydrogens is 238 g/mol. The average Bonchev–Trinajstić information content (AvgIpc) is 2.80. The molecule has 1 atom stereocenters. The summed E-state index contributed by atoms with van der Waals surface area (Å²) in [6.45, 7) is 0. The first-order valence-corrected chi connectivity index (χ1v) is 5.64. The van der Waals surface area contributed by atoms with Crippen molar-refractivity contribution in [1.82, 2.24) is 14.9 Å². The first-order valence-electron chi connectivity index (χ1n) is 5.64. The lowest BCUT2D eigenvalue weighted by Crippen LogP contribution is -2.51. The largest absolute Gasteiger partial charge is 0.480 e. The van der Waals surface area contributed by atoms with Gasteiger partial charge in [0.05, 0.1) is 6.33 Å². The van der Waals surface area contributed by atoms with Crippen molar-refractivity contribution < 1.29 is 19.5 Å². The first-order chi connectivity index (χ1) is 8.59. The quantitative estimate of drug-likeness (QED) is 0.730. The lowest BCUT2D eigenvalue weighted by molar-refractivity contribution is -0.160. The molecule has 0 saturated carbocycles. The summed E-state index contributed by atoms with van der Waals surface area (Å²) in [6.07, 6.45) is 3.89. The van der Waals surface area contributed by atoms with Crippen LogP contribution in [0.5, 0.6) is 0 Å². The van der Waals surface area contributed by atoms with Gasteiger partial charge in [0.25, 0.3) is 0 Å². The van der Waals surface area contributed by atoms with E-state index in [4.69, 9.17) is 0 Å². The van der Waals surface area contributed by atoms with E-state index in [9.17, 15) is 19.5 Å². The topological polar surface area (TPSA) is 103 Å². The number of nitrogens with one attached hydrogen (secondary N) is 1. The third-order valence-corrected chi connectivity index (χ3v) is 2.88. The van der Waals surface area contributed by atoms with E-state index in [0.29, 0.717) is 12.1 Å². The molecule has 2 heterocycles. The van der Waals surface area contributed by atoms with Crippen LogP contribution in [0.1, 0.15) is 25.0 Å². The maximum Gasteiger partial charge on any atom is 0.327 e. The van der Waals surface area contributed by atoms with Crippen LogP contribution in [0.4, 0.5) is 0 Å². The Morgan fingerprint density at radius 3 is 2.61 bits per heavy atom. The maximum absolute atomic E-state index is 11.7. The number of hydrogen-bond acceptors (Lipinski definition) is 4. The van der Waals surface area contributed by atoms with Gasteiger partial charge in [0.15, 0.2) is 0 Å². The molecule has 0 radical (unpaired) electrons. The first kappa shape index (κ1) is 12.3. The number of imidazole rings is 1. The molecule has 0 aromatic carbocycles. The predicted molar refractivity (Wildman–Crippen MR) is 59.4 cm³/mol. The van der Waals surface area contributed by atoms with E-state index in [1.54, 1.807) is 0 Å². The summed E-state index contributed by atoms with van der Waals surface area (Å²) in [6, 6.07) is -1.16. The fourth-order valence-electron chi connectivity index (χ4n) is 2.01. The molecule has 1 aliphatic rings. The second kappa shape index (κ2) is 4.99. The normalized spacial score (nSPS) is 17.9. The number of carboxylic acids is 1. The minimum atomic E-state index is -1.19. The van der Waals surface area contributed by atoms with Crippen LogP contribution in [-0.4, -0.2) is 43.8 Å². The van der Waals surface area contributed by atoms with Crippen molar-refractivity contribution >= 4 is 17.8 Å². The number of rotatable bonds is 4. The molecule has 1 fully saturated rings. The van der Waals surface area contributed by atoms with E-state index >= 15 is 0 Å². The number of carboxylic acid groups (broad SMARTS) is 1. The summed E-state index contributed by atoms with van der Waals surface area (Å²) < 4.78 is 0. The Kier molecular flexibility index (Phi) is 3.40. The van der Waals surface area contributed by atoms with E-state index < -0.39 is 23.8 Å². The summed E-state index contributed by atoms with van der Waals surface area (Å²) in [7, 11) is 0. The van der Waals surface area contributed by atoms with Gasteiger partial charge < -0.3 is 10.1 Å². The minimum Gasteiger partial charge on any atom is -0.480 e. The number of carbonyl (C=O) groups excluding carboxylic acids is 2. The Morgan fingerprint density at radius 1 is 1.44 bits per heavy atom. The zero-order chi connectivity index (χ0) is 13.1. The monoisotopic (exact) mass is 251 g/mol. The van der Waals surface area contributed by atoms with Gasteiger partial charge in [-0.3, -0.25) is 14.5 Å². The second-order valence-corrected chi connectivity index (χ2v) is 4.15. The molecule has 1 unspecified atom stereocenters. The van der Waals surface area contributed by atoms with Crippen LogP contribution >= 0.6 is 0 Å². The van der Waals surface area contributed by atoms with Gasteiger partial charge in [-0.15, -0.1) is 0 Å². The molecule has 0 aliphatic carbocycles. The van der Waals surface area contributed by atoms with Gasteiger partial charge in [-0.1, -0.05) is 0 Å². The molecule has 1 saturated heterocycles. The van der Waals surface area contributed by atoms with Gasteiger partial charge in [-0.2, -0.15) is 0 Å². The summed E-state index contributed by atoms with van der Waals surface area (Å²) in [5.41, 5.74) is 0.577. The van der Waals surface area contributed by atoms with Gasteiger partial charge in [0.1, 0.15) is 6.04 Å². The van der Waals surface area contributed by atoms with Crippen molar-refractivity contribution in [2.24, 2.45) is 0 Å². The molecule has 7 heteroatoms. The lowest BCUT2D eigenvalue weighted by Gasteiger charge is -2.30. The zero-order valence-electron chi connectivity index (χ0n) is 9.63. The van der Waals surface area contributed by atoms with E-state index in [1.165, 1.54) is 12.5 Å². The number of H-pyrrole nitrogens is 1. The maximum atomic E-state index is 11.7. The van der Waals surface area contributed by atoms with Crippen molar-refractivity contribution in [2.75, 3.05) is 0 Å². The number of hydrogen-bond donors (Lipinski definition) is 2. The number of amides is 2. The Hall–Kier alpha value is -2.18. The number of carbonyl (C=O) groups is 3. The highest BCUT2D eigenvalue weighted by Gasteiger charge is 2.36. The minimum absolute atomic E-state index is 0.0484. The summed E-state index contributed by atoms with van der Waals surface area (Å²) in [5, 5.41) is 9.18. The molecule has 0 bridgehead atoms. The van der Waals surface area contributed by atoms with Gasteiger partial charge in [0.2, 0.25) is 11.8 Å². The Labute approximate surface area is 103 Å². The van der Waals surface area contributed by atoms with E-state index in [1.807, 2.05) is 0 Å². The Morgan fingerprint density at radius 2 is 2.11 bits per heavy atom. The second-order valence-electron chi connectivity index (χ2n) is 4.15. The highest BCUT2D eigenvalue weighted by Crippen LogP contribution is 2.17. The predicted octanol–water partition coefficient (Wildman–Crippen LogP) is -0.0555. The number of aromatic amines is 1. The summed E-state index contributed by atoms with van der Waals surface area (Å²) >= 11 is 0. The lowest BCUT2D eigenvalue weighted by atomic mass is 10.0. The van der Waals surface area contributed by atoms with Crippen molar-refractivity contribution in [2.45, 2.75) is 31.7 Å². The summed E-state index contributed by atoms with van der Waals surface area (Å²) in [5.74, 6) is -2.02. The SMILES string of the molecule is O=C(O)C(Cc1cnc[nH]1)N1C(=O)CCCC1=O. The number of imide groups is 1. The molecule has 7 nitrogen and oxygen atoms in total. The van der Waals surface area contributed by atoms with Crippen LogP contribution < -0.4 is 0 Å². The van der Waals surface area contributed by atoms with Gasteiger partial charge in [0, 0.05) is 31.2 Å². The molecule has 1 aliphatic heterocycles. The molecular formula is C11H13N3O4. The van der Waals surface area contributed by atoms with Crippen molar-refractivity contribution in [1.29, 1.82) is 0 Å². The van der Waals surface area contributed by atoms with Crippen LogP contribution in [0.2, 0.25) is 0 Å². The smallest absolute Gasteiger partial charge is 0.327 e. The fourth-order valence-corrected chi connectivity index (χ4v) is 2.01. The van der Waals surface area contributed by atoms with Gasteiger partial charge >= 0.3 is 5.97 Å².